The van der Waals surface area contributed by atoms with Crippen LogP contribution in [0.1, 0.15) is 22.6 Å². The van der Waals surface area contributed by atoms with Gasteiger partial charge in [-0.05, 0) is 35.9 Å². The van der Waals surface area contributed by atoms with Crippen molar-refractivity contribution < 1.29 is 18.4 Å². The van der Waals surface area contributed by atoms with E-state index in [1.54, 1.807) is 5.38 Å². The number of halogens is 2. The van der Waals surface area contributed by atoms with Crippen LogP contribution < -0.4 is 10.2 Å². The molecule has 0 saturated carbocycles. The summed E-state index contributed by atoms with van der Waals surface area (Å²) in [4.78, 5) is 31.4. The number of carbonyl (C=O) groups is 2. The van der Waals surface area contributed by atoms with Crippen LogP contribution in [0.3, 0.4) is 0 Å². The predicted octanol–water partition coefficient (Wildman–Crippen LogP) is 4.19. The summed E-state index contributed by atoms with van der Waals surface area (Å²) in [6, 6.07) is 5.85. The SMILES string of the molecule is O=C(Cc1cccs1)Nc1nc(CC(=O)N2CCCc3cc(F)cc(F)c32)cs1. The first-order valence-corrected chi connectivity index (χ1v) is 10.8. The zero-order valence-corrected chi connectivity index (χ0v) is 16.9. The van der Waals surface area contributed by atoms with Crippen molar-refractivity contribution in [1.29, 1.82) is 0 Å². The lowest BCUT2D eigenvalue weighted by molar-refractivity contribution is -0.118. The summed E-state index contributed by atoms with van der Waals surface area (Å²) in [5.41, 5.74) is 1.16. The van der Waals surface area contributed by atoms with Crippen LogP contribution in [-0.4, -0.2) is 23.3 Å². The molecule has 150 valence electrons. The van der Waals surface area contributed by atoms with Gasteiger partial charge in [0.05, 0.1) is 24.2 Å². The van der Waals surface area contributed by atoms with E-state index in [9.17, 15) is 18.4 Å². The van der Waals surface area contributed by atoms with E-state index >= 15 is 0 Å². The van der Waals surface area contributed by atoms with Crippen LogP contribution >= 0.6 is 22.7 Å². The molecule has 0 saturated heterocycles. The fraction of sp³-hybridized carbons (Fsp3) is 0.250. The van der Waals surface area contributed by atoms with E-state index in [2.05, 4.69) is 10.3 Å². The first-order valence-electron chi connectivity index (χ1n) is 9.04. The highest BCUT2D eigenvalue weighted by molar-refractivity contribution is 7.14. The quantitative estimate of drug-likeness (QED) is 0.657. The number of hydrogen-bond acceptors (Lipinski definition) is 5. The standard InChI is InChI=1S/C20H17F2N3O2S2/c21-13-7-12-3-1-5-25(19(12)16(22)8-13)18(27)9-14-11-29-20(23-14)24-17(26)10-15-4-2-6-28-15/h2,4,6-8,11H,1,3,5,9-10H2,(H,23,24,26). The molecule has 9 heteroatoms. The van der Waals surface area contributed by atoms with Crippen molar-refractivity contribution >= 4 is 45.3 Å². The van der Waals surface area contributed by atoms with Gasteiger partial charge in [-0.1, -0.05) is 6.07 Å². The molecule has 0 spiro atoms. The molecular weight excluding hydrogens is 416 g/mol. The highest BCUT2D eigenvalue weighted by Gasteiger charge is 2.27. The second kappa shape index (κ2) is 8.38. The molecule has 1 aromatic carbocycles. The molecule has 0 aliphatic carbocycles. The Kier molecular flexibility index (Phi) is 5.68. The fourth-order valence-corrected chi connectivity index (χ4v) is 4.76. The van der Waals surface area contributed by atoms with Gasteiger partial charge < -0.3 is 10.2 Å². The van der Waals surface area contributed by atoms with Gasteiger partial charge >= 0.3 is 0 Å². The molecule has 29 heavy (non-hydrogen) atoms. The van der Waals surface area contributed by atoms with E-state index in [-0.39, 0.29) is 30.3 Å². The summed E-state index contributed by atoms with van der Waals surface area (Å²) in [6.45, 7) is 0.378. The van der Waals surface area contributed by atoms with Gasteiger partial charge in [0.2, 0.25) is 11.8 Å². The van der Waals surface area contributed by atoms with Crippen molar-refractivity contribution in [3.05, 3.63) is 62.8 Å². The maximum absolute atomic E-state index is 14.3. The number of carbonyl (C=O) groups excluding carboxylic acids is 2. The molecule has 0 fully saturated rings. The Morgan fingerprint density at radius 1 is 1.21 bits per heavy atom. The fourth-order valence-electron chi connectivity index (χ4n) is 3.33. The number of nitrogens with zero attached hydrogens (tertiary/aromatic N) is 2. The highest BCUT2D eigenvalue weighted by Crippen LogP contribution is 2.31. The van der Waals surface area contributed by atoms with Gasteiger partial charge in [0.25, 0.3) is 0 Å². The first-order chi connectivity index (χ1) is 14.0. The van der Waals surface area contributed by atoms with Crippen LogP contribution in [0.4, 0.5) is 19.6 Å². The molecular formula is C20H17F2N3O2S2. The number of hydrogen-bond donors (Lipinski definition) is 1. The molecule has 1 aliphatic heterocycles. The third kappa shape index (κ3) is 4.51. The van der Waals surface area contributed by atoms with Crippen molar-refractivity contribution in [3.8, 4) is 0 Å². The van der Waals surface area contributed by atoms with Crippen molar-refractivity contribution in [1.82, 2.24) is 4.98 Å². The minimum atomic E-state index is -0.729. The first kappa shape index (κ1) is 19.7. The summed E-state index contributed by atoms with van der Waals surface area (Å²) in [7, 11) is 0. The molecule has 2 aromatic heterocycles. The number of anilines is 2. The summed E-state index contributed by atoms with van der Waals surface area (Å²) < 4.78 is 27.8. The van der Waals surface area contributed by atoms with Crippen LogP contribution in [0.5, 0.6) is 0 Å². The minimum absolute atomic E-state index is 0.0203. The zero-order chi connectivity index (χ0) is 20.4. The maximum Gasteiger partial charge on any atom is 0.233 e. The van der Waals surface area contributed by atoms with E-state index < -0.39 is 11.6 Å². The number of thiazole rings is 1. The number of fused-ring (bicyclic) bond motifs is 1. The van der Waals surface area contributed by atoms with Gasteiger partial charge in [-0.15, -0.1) is 22.7 Å². The molecule has 0 radical (unpaired) electrons. The largest absolute Gasteiger partial charge is 0.309 e. The average Bonchev–Trinajstić information content (AvgIpc) is 3.33. The topological polar surface area (TPSA) is 62.3 Å². The number of nitrogens with one attached hydrogen (secondary N) is 1. The Bertz CT molecular complexity index is 1050. The van der Waals surface area contributed by atoms with Crippen molar-refractivity contribution in [2.24, 2.45) is 0 Å². The Morgan fingerprint density at radius 3 is 2.86 bits per heavy atom. The van der Waals surface area contributed by atoms with Gasteiger partial charge in [-0.25, -0.2) is 13.8 Å². The average molecular weight is 434 g/mol. The Hall–Kier alpha value is -2.65. The monoisotopic (exact) mass is 433 g/mol. The summed E-state index contributed by atoms with van der Waals surface area (Å²) in [5, 5.41) is 6.76. The molecule has 0 atom stereocenters. The molecule has 1 aliphatic rings. The highest BCUT2D eigenvalue weighted by atomic mass is 32.1. The third-order valence-electron chi connectivity index (χ3n) is 4.55. The van der Waals surface area contributed by atoms with Crippen molar-refractivity contribution in [3.63, 3.8) is 0 Å². The van der Waals surface area contributed by atoms with Crippen LogP contribution in [-0.2, 0) is 28.9 Å². The maximum atomic E-state index is 14.3. The second-order valence-electron chi connectivity index (χ2n) is 6.67. The number of rotatable bonds is 5. The number of aromatic nitrogens is 1. The molecule has 0 bridgehead atoms. The lowest BCUT2D eigenvalue weighted by Crippen LogP contribution is -2.37. The molecule has 4 rings (SSSR count). The summed E-state index contributed by atoms with van der Waals surface area (Å²) in [6.07, 6.45) is 1.42. The lowest BCUT2D eigenvalue weighted by Gasteiger charge is -2.29. The van der Waals surface area contributed by atoms with E-state index in [1.807, 2.05) is 17.5 Å². The van der Waals surface area contributed by atoms with Gasteiger partial charge in [0.15, 0.2) is 5.13 Å². The van der Waals surface area contributed by atoms with E-state index in [0.29, 0.717) is 35.8 Å². The second-order valence-corrected chi connectivity index (χ2v) is 8.56. The van der Waals surface area contributed by atoms with Crippen LogP contribution in [0, 0.1) is 11.6 Å². The van der Waals surface area contributed by atoms with Gasteiger partial charge in [0.1, 0.15) is 11.6 Å². The molecule has 0 unspecified atom stereocenters. The van der Waals surface area contributed by atoms with Crippen LogP contribution in [0.25, 0.3) is 0 Å². The summed E-state index contributed by atoms with van der Waals surface area (Å²) >= 11 is 2.74. The molecule has 3 aromatic rings. The Morgan fingerprint density at radius 2 is 2.07 bits per heavy atom. The van der Waals surface area contributed by atoms with Crippen molar-refractivity contribution in [2.75, 3.05) is 16.8 Å². The number of benzene rings is 1. The zero-order valence-electron chi connectivity index (χ0n) is 15.3. The number of amides is 2. The van der Waals surface area contributed by atoms with E-state index in [4.69, 9.17) is 0 Å². The molecule has 1 N–H and O–H groups in total. The number of aryl methyl sites for hydroxylation is 1. The van der Waals surface area contributed by atoms with Gasteiger partial charge in [-0.3, -0.25) is 9.59 Å². The van der Waals surface area contributed by atoms with E-state index in [0.717, 1.165) is 10.9 Å². The smallest absolute Gasteiger partial charge is 0.233 e. The van der Waals surface area contributed by atoms with Gasteiger partial charge in [0, 0.05) is 22.9 Å². The van der Waals surface area contributed by atoms with Crippen LogP contribution in [0.2, 0.25) is 0 Å². The Balaban J connectivity index is 1.42. The lowest BCUT2D eigenvalue weighted by atomic mass is 10.0. The van der Waals surface area contributed by atoms with Crippen LogP contribution in [0.15, 0.2) is 35.0 Å². The molecule has 2 amide bonds. The minimum Gasteiger partial charge on any atom is -0.309 e. The molecule has 3 heterocycles. The number of thiophene rings is 1. The third-order valence-corrected chi connectivity index (χ3v) is 6.23. The predicted molar refractivity (Wildman–Crippen MR) is 110 cm³/mol. The Labute approximate surface area is 174 Å². The molecule has 5 nitrogen and oxygen atoms in total. The summed E-state index contributed by atoms with van der Waals surface area (Å²) in [5.74, 6) is -1.85. The normalized spacial score (nSPS) is 13.2. The van der Waals surface area contributed by atoms with Gasteiger partial charge in [-0.2, -0.15) is 0 Å². The van der Waals surface area contributed by atoms with E-state index in [1.165, 1.54) is 33.6 Å². The van der Waals surface area contributed by atoms with Crippen molar-refractivity contribution in [2.45, 2.75) is 25.7 Å².